The summed E-state index contributed by atoms with van der Waals surface area (Å²) in [6.45, 7) is 11.8. The second-order valence-corrected chi connectivity index (χ2v) is 8.17. The van der Waals surface area contributed by atoms with Gasteiger partial charge in [0.1, 0.15) is 17.0 Å². The minimum atomic E-state index is -0.272. The van der Waals surface area contributed by atoms with Crippen LogP contribution in [0.5, 0.6) is 0 Å². The predicted molar refractivity (Wildman–Crippen MR) is 103 cm³/mol. The largest absolute Gasteiger partial charge is 0.361 e. The van der Waals surface area contributed by atoms with Gasteiger partial charge >= 0.3 is 0 Å². The third-order valence-electron chi connectivity index (χ3n) is 4.91. The van der Waals surface area contributed by atoms with E-state index in [2.05, 4.69) is 5.16 Å². The molecule has 0 N–H and O–H groups in total. The molecule has 1 aliphatic heterocycles. The lowest BCUT2D eigenvalue weighted by molar-refractivity contribution is 0.0533. The van der Waals surface area contributed by atoms with Crippen LogP contribution in [0.3, 0.4) is 0 Å². The molecule has 1 fully saturated rings. The zero-order valence-electron chi connectivity index (χ0n) is 16.7. The van der Waals surface area contributed by atoms with E-state index in [-0.39, 0.29) is 17.2 Å². The summed E-state index contributed by atoms with van der Waals surface area (Å²) in [5.41, 5.74) is 2.72. The van der Waals surface area contributed by atoms with Gasteiger partial charge in [0.25, 0.3) is 11.8 Å². The van der Waals surface area contributed by atoms with Crippen molar-refractivity contribution in [3.05, 3.63) is 52.4 Å². The highest BCUT2D eigenvalue weighted by Gasteiger charge is 2.33. The van der Waals surface area contributed by atoms with Gasteiger partial charge in [0.2, 0.25) is 0 Å². The van der Waals surface area contributed by atoms with Gasteiger partial charge in [0, 0.05) is 37.2 Å². The van der Waals surface area contributed by atoms with E-state index in [1.165, 1.54) is 0 Å². The lowest BCUT2D eigenvalue weighted by Gasteiger charge is -2.35. The molecule has 2 amide bonds. The number of nitrogens with zero attached hydrogens (tertiary/aromatic N) is 3. The fraction of sp³-hybridized carbons (Fsp3) is 0.476. The summed E-state index contributed by atoms with van der Waals surface area (Å²) in [5.74, 6) is 0.492. The quantitative estimate of drug-likeness (QED) is 0.815. The number of hydrogen-bond donors (Lipinski definition) is 0. The van der Waals surface area contributed by atoms with Crippen LogP contribution in [-0.2, 0) is 5.41 Å². The maximum Gasteiger partial charge on any atom is 0.259 e. The molecule has 1 aromatic heterocycles. The molecule has 1 aromatic carbocycles. The van der Waals surface area contributed by atoms with Crippen LogP contribution in [0, 0.1) is 13.8 Å². The zero-order valence-corrected chi connectivity index (χ0v) is 16.7. The Morgan fingerprint density at radius 3 is 2.15 bits per heavy atom. The van der Waals surface area contributed by atoms with E-state index in [9.17, 15) is 9.59 Å². The Morgan fingerprint density at radius 1 is 1.00 bits per heavy atom. The first-order chi connectivity index (χ1) is 12.7. The van der Waals surface area contributed by atoms with Gasteiger partial charge in [0.15, 0.2) is 0 Å². The highest BCUT2D eigenvalue weighted by molar-refractivity contribution is 5.97. The number of carbonyl (C=O) groups excluding carboxylic acids is 2. The molecule has 0 radical (unpaired) electrons. The number of benzene rings is 1. The van der Waals surface area contributed by atoms with Crippen LogP contribution in [-0.4, -0.2) is 52.9 Å². The lowest BCUT2D eigenvalue weighted by atomic mass is 9.88. The predicted octanol–water partition coefficient (Wildman–Crippen LogP) is 3.19. The van der Waals surface area contributed by atoms with Crippen LogP contribution in [0.2, 0.25) is 0 Å². The second kappa shape index (κ2) is 7.18. The fourth-order valence-corrected chi connectivity index (χ4v) is 3.37. The number of hydrogen-bond acceptors (Lipinski definition) is 4. The number of carbonyl (C=O) groups is 2. The van der Waals surface area contributed by atoms with Gasteiger partial charge < -0.3 is 14.3 Å². The Labute approximate surface area is 160 Å². The molecular weight excluding hydrogens is 342 g/mol. The smallest absolute Gasteiger partial charge is 0.259 e. The first-order valence-electron chi connectivity index (χ1n) is 9.30. The van der Waals surface area contributed by atoms with Gasteiger partial charge in [-0.1, -0.05) is 43.6 Å². The molecule has 2 heterocycles. The van der Waals surface area contributed by atoms with Crippen LogP contribution >= 0.6 is 0 Å². The molecular formula is C21H27N3O3. The van der Waals surface area contributed by atoms with Gasteiger partial charge in [-0.25, -0.2) is 0 Å². The monoisotopic (exact) mass is 369 g/mol. The topological polar surface area (TPSA) is 66.7 Å². The van der Waals surface area contributed by atoms with Gasteiger partial charge in [-0.15, -0.1) is 0 Å². The summed E-state index contributed by atoms with van der Waals surface area (Å²) in [7, 11) is 0. The van der Waals surface area contributed by atoms with E-state index in [4.69, 9.17) is 4.52 Å². The molecule has 0 atom stereocenters. The lowest BCUT2D eigenvalue weighted by Crippen LogP contribution is -2.50. The molecule has 1 aliphatic rings. The Morgan fingerprint density at radius 2 is 1.59 bits per heavy atom. The Bertz CT molecular complexity index is 856. The van der Waals surface area contributed by atoms with Crippen molar-refractivity contribution in [2.24, 2.45) is 0 Å². The van der Waals surface area contributed by atoms with Crippen LogP contribution in [0.25, 0.3) is 0 Å². The van der Waals surface area contributed by atoms with Crippen molar-refractivity contribution in [2.45, 2.75) is 40.0 Å². The Kier molecular flexibility index (Phi) is 5.09. The van der Waals surface area contributed by atoms with E-state index in [1.54, 1.807) is 11.8 Å². The molecule has 6 nitrogen and oxygen atoms in total. The zero-order chi connectivity index (χ0) is 19.8. The first kappa shape index (κ1) is 19.1. The summed E-state index contributed by atoms with van der Waals surface area (Å²) in [6.07, 6.45) is 0. The van der Waals surface area contributed by atoms with E-state index in [0.29, 0.717) is 48.8 Å². The highest BCUT2D eigenvalue weighted by atomic mass is 16.5. The molecule has 0 spiro atoms. The number of aromatic nitrogens is 1. The first-order valence-corrected chi connectivity index (χ1v) is 9.30. The van der Waals surface area contributed by atoms with Crippen molar-refractivity contribution in [3.63, 3.8) is 0 Å². The van der Waals surface area contributed by atoms with Gasteiger partial charge in [0.05, 0.1) is 0 Å². The van der Waals surface area contributed by atoms with Crippen molar-refractivity contribution < 1.29 is 14.1 Å². The molecule has 0 saturated carbocycles. The Balaban J connectivity index is 1.70. The number of amides is 2. The molecule has 1 saturated heterocycles. The molecule has 27 heavy (non-hydrogen) atoms. The minimum Gasteiger partial charge on any atom is -0.361 e. The second-order valence-electron chi connectivity index (χ2n) is 8.17. The maximum absolute atomic E-state index is 13.1. The van der Waals surface area contributed by atoms with Gasteiger partial charge in [-0.05, 0) is 26.0 Å². The van der Waals surface area contributed by atoms with E-state index < -0.39 is 0 Å². The van der Waals surface area contributed by atoms with Crippen LogP contribution < -0.4 is 0 Å². The van der Waals surface area contributed by atoms with E-state index >= 15 is 0 Å². The summed E-state index contributed by atoms with van der Waals surface area (Å²) < 4.78 is 5.30. The molecule has 0 bridgehead atoms. The maximum atomic E-state index is 13.1. The summed E-state index contributed by atoms with van der Waals surface area (Å²) in [4.78, 5) is 29.4. The van der Waals surface area contributed by atoms with Crippen LogP contribution in [0.4, 0.5) is 0 Å². The summed E-state index contributed by atoms with van der Waals surface area (Å²) in [6, 6.07) is 7.60. The van der Waals surface area contributed by atoms with Crippen LogP contribution in [0.1, 0.15) is 58.5 Å². The van der Waals surface area contributed by atoms with Crippen molar-refractivity contribution >= 4 is 11.8 Å². The van der Waals surface area contributed by atoms with Crippen LogP contribution in [0.15, 0.2) is 28.8 Å². The Hall–Kier alpha value is -2.63. The van der Waals surface area contributed by atoms with Crippen molar-refractivity contribution in [1.82, 2.24) is 15.0 Å². The number of piperazine rings is 1. The third kappa shape index (κ3) is 3.89. The van der Waals surface area contributed by atoms with Gasteiger partial charge in [-0.2, -0.15) is 0 Å². The fourth-order valence-electron chi connectivity index (χ4n) is 3.37. The van der Waals surface area contributed by atoms with E-state index in [1.807, 2.05) is 56.9 Å². The molecule has 0 unspecified atom stereocenters. The third-order valence-corrected chi connectivity index (χ3v) is 4.91. The SMILES string of the molecule is Cc1cccc(C(=O)N2CCN(C(=O)c3c(C(C)(C)C)noc3C)CC2)c1. The van der Waals surface area contributed by atoms with E-state index in [0.717, 1.165) is 5.56 Å². The van der Waals surface area contributed by atoms with Crippen molar-refractivity contribution in [2.75, 3.05) is 26.2 Å². The molecule has 0 aliphatic carbocycles. The number of rotatable bonds is 2. The number of aryl methyl sites for hydroxylation is 2. The van der Waals surface area contributed by atoms with Gasteiger partial charge in [-0.3, -0.25) is 9.59 Å². The highest BCUT2D eigenvalue weighted by Crippen LogP contribution is 2.28. The summed E-state index contributed by atoms with van der Waals surface area (Å²) >= 11 is 0. The standard InChI is InChI=1S/C21H27N3O3/c1-14-7-6-8-16(13-14)19(25)23-9-11-24(12-10-23)20(26)17-15(2)27-22-18(17)21(3,4)5/h6-8,13H,9-12H2,1-5H3. The van der Waals surface area contributed by atoms with Crippen molar-refractivity contribution in [3.8, 4) is 0 Å². The normalized spacial score (nSPS) is 15.1. The molecule has 2 aromatic rings. The molecule has 144 valence electrons. The molecule has 6 heteroatoms. The average molecular weight is 369 g/mol. The minimum absolute atomic E-state index is 0.0161. The average Bonchev–Trinajstić information content (AvgIpc) is 3.02. The summed E-state index contributed by atoms with van der Waals surface area (Å²) in [5, 5.41) is 4.11. The molecule has 3 rings (SSSR count). The van der Waals surface area contributed by atoms with Crippen molar-refractivity contribution in [1.29, 1.82) is 0 Å².